The largest absolute Gasteiger partial charge is 0.540 e. The van der Waals surface area contributed by atoms with Gasteiger partial charge in [-0.3, -0.25) is 9.59 Å². The van der Waals surface area contributed by atoms with Gasteiger partial charge in [0.25, 0.3) is 11.8 Å². The van der Waals surface area contributed by atoms with Crippen LogP contribution in [-0.4, -0.2) is 129 Å². The molecule has 504 valence electrons. The van der Waals surface area contributed by atoms with Crippen LogP contribution < -0.4 is 29.6 Å². The van der Waals surface area contributed by atoms with Crippen molar-refractivity contribution in [1.82, 2.24) is 30.4 Å². The van der Waals surface area contributed by atoms with Gasteiger partial charge in [-0.2, -0.15) is 0 Å². The quantitative estimate of drug-likeness (QED) is 0.130. The van der Waals surface area contributed by atoms with Crippen molar-refractivity contribution < 1.29 is 112 Å². The van der Waals surface area contributed by atoms with Crippen LogP contribution in [0.15, 0.2) is 48.5 Å². The van der Waals surface area contributed by atoms with Crippen molar-refractivity contribution in [3.8, 4) is 23.3 Å². The van der Waals surface area contributed by atoms with E-state index in [1.54, 1.807) is 43.3 Å². The number of alkyl carbamates (subject to hydrolysis) is 2. The van der Waals surface area contributed by atoms with Gasteiger partial charge in [0.2, 0.25) is 23.6 Å². The molecule has 4 aromatic rings. The van der Waals surface area contributed by atoms with Crippen LogP contribution in [0.2, 0.25) is 0 Å². The van der Waals surface area contributed by atoms with E-state index in [1.807, 2.05) is 74.9 Å². The number of amides is 4. The Morgan fingerprint density at radius 1 is 0.602 bits per heavy atom. The maximum absolute atomic E-state index is 16.1. The molecule has 6 fully saturated rings. The molecule has 12 rings (SSSR count). The van der Waals surface area contributed by atoms with Crippen molar-refractivity contribution >= 4 is 58.4 Å². The first-order valence-corrected chi connectivity index (χ1v) is 32.6. The number of aromatic nitrogens is 2. The van der Waals surface area contributed by atoms with Gasteiger partial charge in [0.05, 0.1) is 47.5 Å². The van der Waals surface area contributed by atoms with Gasteiger partial charge in [0.15, 0.2) is 0 Å². The molecule has 18 nitrogen and oxygen atoms in total. The van der Waals surface area contributed by atoms with Crippen LogP contribution in [0, 0.1) is 34.5 Å². The van der Waals surface area contributed by atoms with Gasteiger partial charge in [-0.15, -0.1) is 0 Å². The number of alkyl halides is 4. The Balaban J connectivity index is 0.000000215. The van der Waals surface area contributed by atoms with Crippen molar-refractivity contribution in [2.45, 2.75) is 237 Å². The number of carbonyl (C=O) groups excluding carboxylic acids is 6. The van der Waals surface area contributed by atoms with E-state index >= 15 is 17.6 Å². The topological polar surface area (TPSA) is 214 Å². The third-order valence-corrected chi connectivity index (χ3v) is 19.8. The summed E-state index contributed by atoms with van der Waals surface area (Å²) in [6, 6.07) is 9.28. The molecule has 4 saturated carbocycles. The van der Waals surface area contributed by atoms with Crippen LogP contribution in [0.3, 0.4) is 0 Å². The van der Waals surface area contributed by atoms with Crippen LogP contribution in [0.4, 0.5) is 27.2 Å². The number of halogens is 4. The van der Waals surface area contributed by atoms with Gasteiger partial charge >= 0.3 is 12.2 Å². The van der Waals surface area contributed by atoms with Crippen molar-refractivity contribution in [2.24, 2.45) is 34.5 Å². The fourth-order valence-electron chi connectivity index (χ4n) is 13.5. The molecule has 2 aromatic carbocycles. The van der Waals surface area contributed by atoms with Gasteiger partial charge in [-0.25, -0.2) is 49.7 Å². The number of carbonyl (C=O) groups is 4. The minimum Gasteiger partial charge on any atom is -0.540 e. The number of rotatable bonds is 7. The predicted octanol–water partition coefficient (Wildman–Crippen LogP) is 12.5. The first-order chi connectivity index (χ1) is 42.9. The third kappa shape index (κ3) is 15.9. The summed E-state index contributed by atoms with van der Waals surface area (Å²) in [5, 5.41) is 6.61. The summed E-state index contributed by atoms with van der Waals surface area (Å²) < 4.78 is 100. The molecule has 4 aliphatic carbocycles. The van der Waals surface area contributed by atoms with E-state index in [-0.39, 0.29) is 110 Å². The van der Waals surface area contributed by atoms with E-state index in [0.717, 1.165) is 25.7 Å². The van der Waals surface area contributed by atoms with Crippen LogP contribution in [0.5, 0.6) is 23.3 Å². The second-order valence-corrected chi connectivity index (χ2v) is 29.4. The molecule has 6 heterocycles. The molecular formula is C69H86F4N6O12V2-2. The van der Waals surface area contributed by atoms with Crippen molar-refractivity contribution in [1.29, 1.82) is 0 Å². The first-order valence-electron chi connectivity index (χ1n) is 32.6. The minimum absolute atomic E-state index is 0. The van der Waals surface area contributed by atoms with Gasteiger partial charge in [0.1, 0.15) is 47.0 Å². The zero-order chi connectivity index (χ0) is 65.3. The first kappa shape index (κ1) is 71.5. The second-order valence-electron chi connectivity index (χ2n) is 29.4. The smallest absolute Gasteiger partial charge is 0.408 e. The monoisotopic (exact) mass is 1370 g/mol. The number of benzene rings is 2. The van der Waals surface area contributed by atoms with E-state index in [9.17, 15) is 28.8 Å². The molecule has 8 aliphatic rings. The maximum atomic E-state index is 16.1. The van der Waals surface area contributed by atoms with E-state index < -0.39 is 119 Å². The number of pyridine rings is 2. The Hall–Kier alpha value is -5.83. The molecule has 2 saturated heterocycles. The summed E-state index contributed by atoms with van der Waals surface area (Å²) in [5.74, 6) is -7.74. The molecule has 2 aromatic heterocycles. The van der Waals surface area contributed by atoms with Gasteiger partial charge in [-0.05, 0) is 137 Å². The average molecular weight is 1370 g/mol. The SMILES string of the molecule is CC[C@@H]1[C@@H]2CN(C(=O)[C@H](C(C)(C)C)NC(=O)O[C@]3(C)C[C@H]3CCCCC(F)(F)c3cc4ccc(OC5CC5)cc4nc3O2)[C@@H]1[C-]=O.C[C@@H]1[C@@H]2CN(C(=O)[C@H](C(C)(C)C)NC(=O)O[C@]3(C)C[C@H]3CCCCC(F)(F)c3cc4ccc(OC5CC5)cc4nc3O2)[C@@H]1[C-]=O.[V].[V]. The zero-order valence-corrected chi connectivity index (χ0v) is 57.5. The molecule has 0 unspecified atom stereocenters. The molecule has 4 amide bonds. The molecule has 93 heavy (non-hydrogen) atoms. The fraction of sp³-hybridized carbons (Fsp3) is 0.652. The normalized spacial score (nSPS) is 31.3. The Kier molecular flexibility index (Phi) is 21.0. The van der Waals surface area contributed by atoms with E-state index in [0.29, 0.717) is 78.3 Å². The molecule has 12 atom stereocenters. The molecule has 4 bridgehead atoms. The number of nitrogens with zero attached hydrogens (tertiary/aromatic N) is 4. The summed E-state index contributed by atoms with van der Waals surface area (Å²) in [6.45, 7) is 18.0. The fourth-order valence-corrected chi connectivity index (χ4v) is 13.5. The Bertz CT molecular complexity index is 3460. The van der Waals surface area contributed by atoms with E-state index in [2.05, 4.69) is 20.6 Å². The third-order valence-electron chi connectivity index (χ3n) is 19.8. The maximum Gasteiger partial charge on any atom is 0.408 e. The number of hydrogen-bond donors (Lipinski definition) is 2. The molecule has 4 aliphatic heterocycles. The molecule has 0 spiro atoms. The zero-order valence-electron chi connectivity index (χ0n) is 54.7. The molecule has 2 radical (unpaired) electrons. The van der Waals surface area contributed by atoms with Crippen LogP contribution in [0.25, 0.3) is 21.8 Å². The number of fused-ring (bicyclic) bond motifs is 10. The molecule has 24 heteroatoms. The second kappa shape index (κ2) is 27.4. The predicted molar refractivity (Wildman–Crippen MR) is 328 cm³/mol. The van der Waals surface area contributed by atoms with Crippen LogP contribution >= 0.6 is 0 Å². The summed E-state index contributed by atoms with van der Waals surface area (Å²) in [7, 11) is 0. The standard InChI is InChI=1S/C35H44F2N3O6.C34H42F2N3O6.2V/c1-6-24-27(19-41)40-18-28(24)45-30-25(15-20-10-11-23(16-26(20)38-30)44-22-12-13-22)35(36,37)14-8-7-9-21-17-34(21,5)46-32(43)39-29(31(40)42)33(2,3)4;1-19-26(18-40)39-17-27(19)44-29-24(14-20-9-10-23(15-25(20)37-29)43-22-11-12-22)34(35,36)13-7-6-8-21-16-33(21,5)45-31(42)38-28(30(39)41)32(2,3)4;;/h10-11,15-16,21-22,24,27-29H,6-9,12-14,17-18H2,1-5H3,(H,39,43);9-10,14-15,19,21-22,26-28H,6-8,11-13,16-17H2,1-5H3,(H,38,42);;/q2*-1;;/t21-,24+,27-,28+,29-,34-;19-,21+,26+,27-,28+,33+;;/m10../s1. The number of nitrogens with one attached hydrogen (secondary N) is 2. The van der Waals surface area contributed by atoms with Crippen molar-refractivity contribution in [2.75, 3.05) is 13.1 Å². The van der Waals surface area contributed by atoms with E-state index in [4.69, 9.17) is 28.4 Å². The Labute approximate surface area is 565 Å². The van der Waals surface area contributed by atoms with E-state index in [1.165, 1.54) is 21.9 Å². The summed E-state index contributed by atoms with van der Waals surface area (Å²) in [5.41, 5.74) is -2.64. The Morgan fingerprint density at radius 2 is 1.01 bits per heavy atom. The minimum atomic E-state index is -3.25. The van der Waals surface area contributed by atoms with Gasteiger partial charge < -0.3 is 58.4 Å². The number of hydrogen-bond acceptors (Lipinski definition) is 14. The number of ether oxygens (including phenoxy) is 6. The van der Waals surface area contributed by atoms with Crippen molar-refractivity contribution in [3.05, 3.63) is 59.7 Å². The summed E-state index contributed by atoms with van der Waals surface area (Å²) >= 11 is 0. The Morgan fingerprint density at radius 3 is 1.41 bits per heavy atom. The van der Waals surface area contributed by atoms with Crippen molar-refractivity contribution in [3.63, 3.8) is 0 Å². The van der Waals surface area contributed by atoms with Gasteiger partial charge in [-0.1, -0.05) is 86.7 Å². The summed E-state index contributed by atoms with van der Waals surface area (Å²) in [4.78, 5) is 90.8. The van der Waals surface area contributed by atoms with Crippen LogP contribution in [-0.2, 0) is 77.6 Å². The van der Waals surface area contributed by atoms with Gasteiger partial charge in [0, 0.05) is 84.7 Å². The van der Waals surface area contributed by atoms with Crippen LogP contribution in [0.1, 0.15) is 177 Å². The molecule has 2 N–H and O–H groups in total. The molecular weight excluding hydrogens is 1280 g/mol. The summed E-state index contributed by atoms with van der Waals surface area (Å²) in [6.07, 6.45) is 8.79. The average Bonchev–Trinajstić information content (AvgIpc) is 1.46.